The van der Waals surface area contributed by atoms with Crippen LogP contribution < -0.4 is 25.7 Å². The molecule has 3 aromatic rings. The maximum absolute atomic E-state index is 9.07. The van der Waals surface area contributed by atoms with Crippen molar-refractivity contribution >= 4 is 53.4 Å². The van der Waals surface area contributed by atoms with Crippen molar-refractivity contribution in [2.45, 2.75) is 20.0 Å². The minimum atomic E-state index is -1.94. The van der Waals surface area contributed by atoms with Crippen molar-refractivity contribution in [3.05, 3.63) is 86.1 Å². The van der Waals surface area contributed by atoms with Crippen molar-refractivity contribution in [3.8, 4) is 0 Å². The molecule has 2 aliphatic heterocycles. The molecular weight excluding hydrogens is 410 g/mol. The monoisotopic (exact) mass is 435 g/mol. The first-order valence-electron chi connectivity index (χ1n) is 10.7. The Labute approximate surface area is 188 Å². The lowest BCUT2D eigenvalue weighted by molar-refractivity contribution is 1.13. The van der Waals surface area contributed by atoms with E-state index in [-0.39, 0.29) is 0 Å². The number of rotatable bonds is 2. The quantitative estimate of drug-likeness (QED) is 0.261. The van der Waals surface area contributed by atoms with Gasteiger partial charge in [-0.15, -0.1) is 0 Å². The molecule has 0 amide bonds. The van der Waals surface area contributed by atoms with Crippen LogP contribution in [0.2, 0.25) is 13.1 Å². The van der Waals surface area contributed by atoms with Gasteiger partial charge in [0.05, 0.1) is 5.69 Å². The van der Waals surface area contributed by atoms with Crippen LogP contribution in [-0.2, 0) is 0 Å². The van der Waals surface area contributed by atoms with Crippen molar-refractivity contribution < 1.29 is 0 Å². The van der Waals surface area contributed by atoms with E-state index in [0.29, 0.717) is 5.69 Å². The van der Waals surface area contributed by atoms with Gasteiger partial charge in [0, 0.05) is 41.8 Å². The molecule has 32 heavy (non-hydrogen) atoms. The third kappa shape index (κ3) is 3.00. The van der Waals surface area contributed by atoms with Crippen LogP contribution in [0.25, 0.3) is 22.1 Å². The molecule has 0 aromatic heterocycles. The molecule has 6 heteroatoms. The Balaban J connectivity index is 2.00. The van der Waals surface area contributed by atoms with E-state index in [4.69, 9.17) is 5.53 Å². The lowest BCUT2D eigenvalue weighted by Gasteiger charge is -2.36. The van der Waals surface area contributed by atoms with E-state index >= 15 is 0 Å². The summed E-state index contributed by atoms with van der Waals surface area (Å²) < 4.78 is 0. The molecule has 2 aliphatic rings. The highest BCUT2D eigenvalue weighted by Crippen LogP contribution is 2.30. The van der Waals surface area contributed by atoms with Gasteiger partial charge in [-0.25, -0.2) is 0 Å². The minimum absolute atomic E-state index is 0.586. The largest absolute Gasteiger partial charge is 0.378 e. The zero-order valence-electron chi connectivity index (χ0n) is 19.0. The third-order valence-corrected chi connectivity index (χ3v) is 10.1. The highest BCUT2D eigenvalue weighted by Gasteiger charge is 2.37. The summed E-state index contributed by atoms with van der Waals surface area (Å²) in [5, 5.41) is 8.93. The standard InChI is InChI=1S/C26H25N5Si/c1-16-6-8-20-24(12-16)32(4,5)25-15-18(31(2)3)7-9-21(25)26(20)22-13-17(29-30-27)14-23-19(22)10-11-28-23/h6-15H,1-5H3. The lowest BCUT2D eigenvalue weighted by atomic mass is 9.92. The summed E-state index contributed by atoms with van der Waals surface area (Å²) in [4.78, 5) is 9.71. The molecule has 2 heterocycles. The molecule has 0 bridgehead atoms. The second kappa shape index (κ2) is 7.23. The molecule has 5 rings (SSSR count). The number of aliphatic imine (C=N–C) groups is 1. The minimum Gasteiger partial charge on any atom is -0.378 e. The molecule has 0 aliphatic carbocycles. The second-order valence-corrected chi connectivity index (χ2v) is 13.6. The van der Waals surface area contributed by atoms with E-state index in [1.807, 2.05) is 18.3 Å². The van der Waals surface area contributed by atoms with Crippen molar-refractivity contribution in [3.63, 3.8) is 0 Å². The average molecular weight is 436 g/mol. The Bertz CT molecular complexity index is 1490. The topological polar surface area (TPSA) is 64.4 Å². The smallest absolute Gasteiger partial charge is 0.113 e. The molecule has 0 spiro atoms. The third-order valence-electron chi connectivity index (χ3n) is 6.61. The van der Waals surface area contributed by atoms with E-state index in [1.54, 1.807) is 0 Å². The number of aryl methyl sites for hydroxylation is 1. The maximum atomic E-state index is 9.07. The molecule has 158 valence electrons. The fourth-order valence-electron chi connectivity index (χ4n) is 4.93. The van der Waals surface area contributed by atoms with Gasteiger partial charge in [0.2, 0.25) is 0 Å². The van der Waals surface area contributed by atoms with Gasteiger partial charge < -0.3 is 4.90 Å². The van der Waals surface area contributed by atoms with Crippen LogP contribution in [0, 0.1) is 6.92 Å². The van der Waals surface area contributed by atoms with Gasteiger partial charge in [-0.1, -0.05) is 48.0 Å². The summed E-state index contributed by atoms with van der Waals surface area (Å²) in [6, 6.07) is 17.5. The molecule has 0 saturated carbocycles. The SMILES string of the molecule is Cc1ccc2c(c1)[Si](C)(C)c1cc(N(C)C)ccc1C2=c1cc(N=[N+]=[N-])cc2c1=CC=N2. The number of hydrogen-bond acceptors (Lipinski definition) is 3. The number of azide groups is 1. The molecule has 3 aromatic carbocycles. The molecule has 0 atom stereocenters. The summed E-state index contributed by atoms with van der Waals surface area (Å²) in [6.45, 7) is 7.05. The Morgan fingerprint density at radius 1 is 0.969 bits per heavy atom. The van der Waals surface area contributed by atoms with Crippen LogP contribution in [0.1, 0.15) is 16.7 Å². The lowest BCUT2D eigenvalue weighted by Crippen LogP contribution is -2.59. The second-order valence-electron chi connectivity index (χ2n) is 9.23. The fourth-order valence-corrected chi connectivity index (χ4v) is 8.08. The Kier molecular flexibility index (Phi) is 4.59. The fraction of sp³-hybridized carbons (Fsp3) is 0.192. The molecule has 0 N–H and O–H groups in total. The van der Waals surface area contributed by atoms with Crippen molar-refractivity contribution in [2.75, 3.05) is 19.0 Å². The highest BCUT2D eigenvalue weighted by molar-refractivity contribution is 7.02. The number of fused-ring (bicyclic) bond motifs is 3. The van der Waals surface area contributed by atoms with E-state index in [2.05, 4.69) is 96.5 Å². The summed E-state index contributed by atoms with van der Waals surface area (Å²) in [7, 11) is 2.23. The molecule has 0 radical (unpaired) electrons. The Morgan fingerprint density at radius 3 is 2.41 bits per heavy atom. The van der Waals surface area contributed by atoms with Crippen LogP contribution in [0.5, 0.6) is 0 Å². The van der Waals surface area contributed by atoms with E-state index < -0.39 is 8.07 Å². The molecule has 0 fully saturated rings. The van der Waals surface area contributed by atoms with Crippen LogP contribution in [0.3, 0.4) is 0 Å². The maximum Gasteiger partial charge on any atom is 0.113 e. The first-order valence-corrected chi connectivity index (χ1v) is 13.7. The molecular formula is C26H25N5Si. The summed E-state index contributed by atoms with van der Waals surface area (Å²) in [6.07, 6.45) is 3.87. The van der Waals surface area contributed by atoms with Gasteiger partial charge in [0.1, 0.15) is 8.07 Å². The van der Waals surface area contributed by atoms with Gasteiger partial charge in [0.25, 0.3) is 0 Å². The highest BCUT2D eigenvalue weighted by atomic mass is 28.3. The van der Waals surface area contributed by atoms with Gasteiger partial charge in [-0.3, -0.25) is 4.99 Å². The molecule has 0 saturated heterocycles. The summed E-state index contributed by atoms with van der Waals surface area (Å²) >= 11 is 0. The first-order chi connectivity index (χ1) is 15.3. The summed E-state index contributed by atoms with van der Waals surface area (Å²) in [5.74, 6) is 0. The van der Waals surface area contributed by atoms with E-state index in [0.717, 1.165) is 16.1 Å². The van der Waals surface area contributed by atoms with Crippen molar-refractivity contribution in [2.24, 2.45) is 10.1 Å². The van der Waals surface area contributed by atoms with Crippen LogP contribution in [0.4, 0.5) is 17.1 Å². The first kappa shape index (κ1) is 20.3. The zero-order valence-corrected chi connectivity index (χ0v) is 20.0. The van der Waals surface area contributed by atoms with Gasteiger partial charge in [0.15, 0.2) is 0 Å². The zero-order chi connectivity index (χ0) is 22.6. The predicted molar refractivity (Wildman–Crippen MR) is 137 cm³/mol. The van der Waals surface area contributed by atoms with E-state index in [9.17, 15) is 0 Å². The molecule has 0 unspecified atom stereocenters. The van der Waals surface area contributed by atoms with Crippen LogP contribution in [-0.4, -0.2) is 28.4 Å². The van der Waals surface area contributed by atoms with Gasteiger partial charge in [-0.2, -0.15) is 0 Å². The van der Waals surface area contributed by atoms with Crippen LogP contribution in [0.15, 0.2) is 58.6 Å². The van der Waals surface area contributed by atoms with E-state index in [1.165, 1.54) is 38.3 Å². The normalized spacial score (nSPS) is 16.4. The predicted octanol–water partition coefficient (Wildman–Crippen LogP) is 3.88. The van der Waals surface area contributed by atoms with Crippen molar-refractivity contribution in [1.29, 1.82) is 0 Å². The van der Waals surface area contributed by atoms with Gasteiger partial charge >= 0.3 is 0 Å². The number of nitrogens with zero attached hydrogens (tertiary/aromatic N) is 5. The number of benzene rings is 3. The van der Waals surface area contributed by atoms with Crippen molar-refractivity contribution in [1.82, 2.24) is 0 Å². The molecule has 5 nitrogen and oxygen atoms in total. The van der Waals surface area contributed by atoms with Crippen LogP contribution >= 0.6 is 0 Å². The Hall–Kier alpha value is -3.60. The number of anilines is 1. The Morgan fingerprint density at radius 2 is 1.69 bits per heavy atom. The average Bonchev–Trinajstić information content (AvgIpc) is 3.23. The summed E-state index contributed by atoms with van der Waals surface area (Å²) in [5.41, 5.74) is 16.7. The van der Waals surface area contributed by atoms with Gasteiger partial charge in [-0.05, 0) is 75.1 Å². The number of hydrogen-bond donors (Lipinski definition) is 0.